The Bertz CT molecular complexity index is 719. The van der Waals surface area contributed by atoms with E-state index in [1.807, 2.05) is 6.92 Å². The van der Waals surface area contributed by atoms with Crippen LogP contribution in [0, 0.1) is 0 Å². The second-order valence-corrected chi connectivity index (χ2v) is 6.50. The van der Waals surface area contributed by atoms with Crippen LogP contribution in [0.4, 0.5) is 5.69 Å². The number of carbonyl (C=O) groups excluding carboxylic acids is 3. The second kappa shape index (κ2) is 9.70. The van der Waals surface area contributed by atoms with Crippen LogP contribution in [0.25, 0.3) is 0 Å². The van der Waals surface area contributed by atoms with Crippen molar-refractivity contribution in [3.63, 3.8) is 0 Å². The van der Waals surface area contributed by atoms with Crippen LogP contribution in [0.15, 0.2) is 24.3 Å². The van der Waals surface area contributed by atoms with E-state index < -0.39 is 17.9 Å². The highest BCUT2D eigenvalue weighted by Gasteiger charge is 2.32. The zero-order chi connectivity index (χ0) is 19.8. The number of likely N-dealkylation sites (tertiary alicyclic amines) is 1. The van der Waals surface area contributed by atoms with Crippen LogP contribution in [0.2, 0.25) is 0 Å². The van der Waals surface area contributed by atoms with Crippen molar-refractivity contribution in [1.29, 1.82) is 0 Å². The third kappa shape index (κ3) is 5.80. The number of aliphatic carboxylic acids is 1. The summed E-state index contributed by atoms with van der Waals surface area (Å²) in [4.78, 5) is 48.9. The second-order valence-electron chi connectivity index (χ2n) is 6.50. The van der Waals surface area contributed by atoms with E-state index in [-0.39, 0.29) is 18.4 Å². The number of nitrogens with one attached hydrogen (secondary N) is 2. The summed E-state index contributed by atoms with van der Waals surface area (Å²) in [6.07, 6.45) is 3.04. The van der Waals surface area contributed by atoms with Gasteiger partial charge in [-0.2, -0.15) is 0 Å². The fourth-order valence-corrected chi connectivity index (χ4v) is 3.03. The molecule has 146 valence electrons. The molecule has 0 saturated carbocycles. The first-order chi connectivity index (χ1) is 12.9. The molecule has 0 spiro atoms. The quantitative estimate of drug-likeness (QED) is 0.670. The Morgan fingerprint density at radius 1 is 1.19 bits per heavy atom. The van der Waals surface area contributed by atoms with E-state index >= 15 is 0 Å². The highest BCUT2D eigenvalue weighted by molar-refractivity contribution is 5.99. The van der Waals surface area contributed by atoms with Crippen LogP contribution in [-0.4, -0.2) is 52.8 Å². The number of carboxylic acids is 1. The minimum Gasteiger partial charge on any atom is -0.480 e. The van der Waals surface area contributed by atoms with Gasteiger partial charge in [0.25, 0.3) is 5.91 Å². The van der Waals surface area contributed by atoms with Gasteiger partial charge in [0.15, 0.2) is 0 Å². The third-order valence-corrected chi connectivity index (χ3v) is 4.37. The lowest BCUT2D eigenvalue weighted by molar-refractivity contribution is -0.143. The van der Waals surface area contributed by atoms with Crippen LogP contribution in [0.5, 0.6) is 0 Å². The number of hydrogen-bond acceptors (Lipinski definition) is 4. The normalized spacial score (nSPS) is 16.5. The fraction of sp³-hybridized carbons (Fsp3) is 0.474. The summed E-state index contributed by atoms with van der Waals surface area (Å²) in [7, 11) is 0. The zero-order valence-electron chi connectivity index (χ0n) is 15.4. The molecule has 2 rings (SSSR count). The number of amides is 3. The van der Waals surface area contributed by atoms with E-state index in [2.05, 4.69) is 10.6 Å². The number of rotatable bonds is 7. The maximum absolute atomic E-state index is 12.7. The Balaban J connectivity index is 2.01. The van der Waals surface area contributed by atoms with Gasteiger partial charge < -0.3 is 20.6 Å². The molecule has 1 heterocycles. The molecule has 1 aromatic rings. The molecule has 1 saturated heterocycles. The number of benzene rings is 1. The molecule has 1 aliphatic heterocycles. The van der Waals surface area contributed by atoms with Gasteiger partial charge in [-0.3, -0.25) is 14.4 Å². The van der Waals surface area contributed by atoms with Crippen LogP contribution >= 0.6 is 0 Å². The van der Waals surface area contributed by atoms with E-state index in [1.165, 1.54) is 11.0 Å². The molecular weight excluding hydrogens is 350 g/mol. The van der Waals surface area contributed by atoms with Crippen molar-refractivity contribution in [2.45, 2.75) is 45.1 Å². The molecule has 0 aliphatic carbocycles. The molecule has 1 atom stereocenters. The van der Waals surface area contributed by atoms with Crippen molar-refractivity contribution >= 4 is 29.4 Å². The summed E-state index contributed by atoms with van der Waals surface area (Å²) in [5.74, 6) is -1.96. The van der Waals surface area contributed by atoms with Gasteiger partial charge in [0.2, 0.25) is 11.8 Å². The maximum atomic E-state index is 12.7. The number of anilines is 1. The number of hydrogen-bond donors (Lipinski definition) is 3. The number of nitrogens with zero attached hydrogens (tertiary/aromatic N) is 1. The Kier molecular flexibility index (Phi) is 7.34. The van der Waals surface area contributed by atoms with E-state index in [9.17, 15) is 24.3 Å². The van der Waals surface area contributed by atoms with E-state index in [0.29, 0.717) is 37.1 Å². The molecule has 1 aliphatic rings. The van der Waals surface area contributed by atoms with Gasteiger partial charge in [-0.15, -0.1) is 0 Å². The predicted molar refractivity (Wildman–Crippen MR) is 99.3 cm³/mol. The fourth-order valence-electron chi connectivity index (χ4n) is 3.03. The topological polar surface area (TPSA) is 116 Å². The smallest absolute Gasteiger partial charge is 0.326 e. The highest BCUT2D eigenvalue weighted by Crippen LogP contribution is 2.21. The van der Waals surface area contributed by atoms with E-state index in [1.54, 1.807) is 18.2 Å². The van der Waals surface area contributed by atoms with Gasteiger partial charge in [-0.05, 0) is 43.9 Å². The molecule has 0 radical (unpaired) electrons. The Morgan fingerprint density at radius 2 is 1.96 bits per heavy atom. The van der Waals surface area contributed by atoms with Crippen molar-refractivity contribution < 1.29 is 24.3 Å². The lowest BCUT2D eigenvalue weighted by atomic mass is 10.0. The van der Waals surface area contributed by atoms with Crippen molar-refractivity contribution in [2.75, 3.05) is 18.4 Å². The lowest BCUT2D eigenvalue weighted by Crippen LogP contribution is -2.48. The molecule has 3 amide bonds. The lowest BCUT2D eigenvalue weighted by Gasteiger charge is -2.33. The summed E-state index contributed by atoms with van der Waals surface area (Å²) >= 11 is 0. The zero-order valence-corrected chi connectivity index (χ0v) is 15.4. The summed E-state index contributed by atoms with van der Waals surface area (Å²) in [5, 5.41) is 14.5. The van der Waals surface area contributed by atoms with Gasteiger partial charge in [-0.25, -0.2) is 4.79 Å². The van der Waals surface area contributed by atoms with Crippen molar-refractivity contribution in [3.05, 3.63) is 29.8 Å². The van der Waals surface area contributed by atoms with Gasteiger partial charge in [0.05, 0.1) is 6.54 Å². The molecule has 8 nitrogen and oxygen atoms in total. The molecular formula is C19H25N3O5. The SMILES string of the molecule is CCCC(=O)NCC(=O)Nc1cccc(C(=O)N2CCCCC2C(=O)O)c1. The Morgan fingerprint density at radius 3 is 2.67 bits per heavy atom. The average molecular weight is 375 g/mol. The summed E-state index contributed by atoms with van der Waals surface area (Å²) in [5.41, 5.74) is 0.732. The van der Waals surface area contributed by atoms with Crippen LogP contribution in [-0.2, 0) is 14.4 Å². The van der Waals surface area contributed by atoms with Gasteiger partial charge in [-0.1, -0.05) is 13.0 Å². The van der Waals surface area contributed by atoms with E-state index in [0.717, 1.165) is 12.8 Å². The molecule has 1 unspecified atom stereocenters. The van der Waals surface area contributed by atoms with Crippen LogP contribution < -0.4 is 10.6 Å². The predicted octanol–water partition coefficient (Wildman–Crippen LogP) is 1.62. The van der Waals surface area contributed by atoms with Gasteiger partial charge in [0.1, 0.15) is 6.04 Å². The molecule has 1 aromatic carbocycles. The molecule has 3 N–H and O–H groups in total. The standard InChI is InChI=1S/C19H25N3O5/c1-2-6-16(23)20-12-17(24)21-14-8-5-7-13(11-14)18(25)22-10-4-3-9-15(22)19(26)27/h5,7-8,11,15H,2-4,6,9-10,12H2,1H3,(H,20,23)(H,21,24)(H,26,27). The van der Waals surface area contributed by atoms with Crippen molar-refractivity contribution in [1.82, 2.24) is 10.2 Å². The first kappa shape index (κ1) is 20.4. The van der Waals surface area contributed by atoms with Crippen LogP contribution in [0.1, 0.15) is 49.4 Å². The minimum absolute atomic E-state index is 0.149. The summed E-state index contributed by atoms with van der Waals surface area (Å²) in [6, 6.07) is 5.54. The molecule has 27 heavy (non-hydrogen) atoms. The van der Waals surface area contributed by atoms with Crippen molar-refractivity contribution in [2.24, 2.45) is 0 Å². The molecule has 0 aromatic heterocycles. The average Bonchev–Trinajstić information content (AvgIpc) is 2.66. The highest BCUT2D eigenvalue weighted by atomic mass is 16.4. The Labute approximate surface area is 157 Å². The molecule has 8 heteroatoms. The first-order valence-corrected chi connectivity index (χ1v) is 9.12. The molecule has 1 fully saturated rings. The van der Waals surface area contributed by atoms with E-state index in [4.69, 9.17) is 0 Å². The number of carboxylic acid groups (broad SMARTS) is 1. The largest absolute Gasteiger partial charge is 0.480 e. The van der Waals surface area contributed by atoms with Gasteiger partial charge in [0, 0.05) is 24.2 Å². The minimum atomic E-state index is -1.00. The first-order valence-electron chi connectivity index (χ1n) is 9.12. The maximum Gasteiger partial charge on any atom is 0.326 e. The van der Waals surface area contributed by atoms with Gasteiger partial charge >= 0.3 is 5.97 Å². The Hall–Kier alpha value is -2.90. The number of piperidine rings is 1. The summed E-state index contributed by atoms with van der Waals surface area (Å²) < 4.78 is 0. The summed E-state index contributed by atoms with van der Waals surface area (Å²) in [6.45, 7) is 2.12. The molecule has 0 bridgehead atoms. The monoisotopic (exact) mass is 375 g/mol. The third-order valence-electron chi connectivity index (χ3n) is 4.37. The number of carbonyl (C=O) groups is 4. The van der Waals surface area contributed by atoms with Crippen LogP contribution in [0.3, 0.4) is 0 Å². The van der Waals surface area contributed by atoms with Crippen molar-refractivity contribution in [3.8, 4) is 0 Å².